The van der Waals surface area contributed by atoms with Crippen LogP contribution in [0.5, 0.6) is 17.2 Å². The Balaban J connectivity index is 1.95. The first-order valence-electron chi connectivity index (χ1n) is 9.08. The van der Waals surface area contributed by atoms with Gasteiger partial charge in [-0.3, -0.25) is 9.59 Å². The second kappa shape index (κ2) is 8.58. The van der Waals surface area contributed by atoms with Crippen molar-refractivity contribution in [3.63, 3.8) is 0 Å². The topological polar surface area (TPSA) is 91.7 Å². The molecular formula is C21H23N3O5S. The van der Waals surface area contributed by atoms with Crippen LogP contribution in [-0.4, -0.2) is 37.0 Å². The van der Waals surface area contributed by atoms with E-state index in [2.05, 4.69) is 10.4 Å². The fraction of sp³-hybridized carbons (Fsp3) is 0.286. The Morgan fingerprint density at radius 2 is 1.73 bits per heavy atom. The number of methoxy groups -OCH3 is 3. The van der Waals surface area contributed by atoms with Crippen LogP contribution in [0.4, 0.5) is 5.69 Å². The summed E-state index contributed by atoms with van der Waals surface area (Å²) in [5.74, 6) is 0.799. The summed E-state index contributed by atoms with van der Waals surface area (Å²) in [5, 5.41) is 9.16. The molecule has 0 aliphatic rings. The van der Waals surface area contributed by atoms with E-state index in [0.29, 0.717) is 28.6 Å². The number of nitrogens with one attached hydrogen (secondary N) is 1. The Bertz CT molecular complexity index is 1080. The maximum atomic E-state index is 13.1. The van der Waals surface area contributed by atoms with E-state index in [9.17, 15) is 9.59 Å². The molecule has 8 nitrogen and oxygen atoms in total. The lowest BCUT2D eigenvalue weighted by Gasteiger charge is -2.25. The van der Waals surface area contributed by atoms with Crippen molar-refractivity contribution in [2.24, 2.45) is 0 Å². The average Bonchev–Trinajstić information content (AvgIpc) is 3.27. The number of carbonyl (C=O) groups is 1. The van der Waals surface area contributed by atoms with Crippen molar-refractivity contribution in [2.75, 3.05) is 26.6 Å². The van der Waals surface area contributed by atoms with Crippen LogP contribution in [-0.2, 0) is 10.3 Å². The van der Waals surface area contributed by atoms with Crippen LogP contribution >= 0.6 is 11.3 Å². The number of ether oxygens (including phenoxy) is 3. The highest BCUT2D eigenvalue weighted by Gasteiger charge is 2.33. The van der Waals surface area contributed by atoms with E-state index >= 15 is 0 Å². The fourth-order valence-electron chi connectivity index (χ4n) is 2.90. The predicted molar refractivity (Wildman–Crippen MR) is 116 cm³/mol. The zero-order valence-electron chi connectivity index (χ0n) is 17.4. The number of carbonyl (C=O) groups excluding carboxylic acids is 1. The summed E-state index contributed by atoms with van der Waals surface area (Å²) in [4.78, 5) is 26.5. The molecule has 3 aromatic rings. The van der Waals surface area contributed by atoms with Crippen molar-refractivity contribution in [3.05, 3.63) is 52.1 Å². The molecule has 0 fully saturated rings. The van der Waals surface area contributed by atoms with Crippen LogP contribution < -0.4 is 25.1 Å². The van der Waals surface area contributed by atoms with E-state index in [1.54, 1.807) is 32.0 Å². The minimum atomic E-state index is -1.26. The Kier molecular flexibility index (Phi) is 6.12. The van der Waals surface area contributed by atoms with Crippen LogP contribution in [0, 0.1) is 0 Å². The first-order chi connectivity index (χ1) is 14.3. The normalized spacial score (nSPS) is 11.1. The molecule has 0 unspecified atom stereocenters. The number of rotatable bonds is 7. The average molecular weight is 429 g/mol. The van der Waals surface area contributed by atoms with Gasteiger partial charge in [0.1, 0.15) is 11.2 Å². The summed E-state index contributed by atoms with van der Waals surface area (Å²) in [6.07, 6.45) is 0. The lowest BCUT2D eigenvalue weighted by atomic mass is 10.0. The monoisotopic (exact) mass is 429 g/mol. The van der Waals surface area contributed by atoms with Gasteiger partial charge in [-0.2, -0.15) is 5.10 Å². The number of hydrogen-bond acceptors (Lipinski definition) is 7. The molecule has 0 aliphatic carbocycles. The molecule has 2 heterocycles. The molecule has 0 aliphatic heterocycles. The number of thiophene rings is 1. The molecule has 0 radical (unpaired) electrons. The molecule has 1 aromatic carbocycles. The maximum Gasteiger partial charge on any atom is 0.267 e. The van der Waals surface area contributed by atoms with Crippen molar-refractivity contribution in [1.82, 2.24) is 9.78 Å². The van der Waals surface area contributed by atoms with Gasteiger partial charge in [0.2, 0.25) is 5.75 Å². The van der Waals surface area contributed by atoms with Crippen molar-refractivity contribution >= 4 is 22.9 Å². The number of nitrogens with zero attached hydrogens (tertiary/aromatic N) is 2. The van der Waals surface area contributed by atoms with Crippen molar-refractivity contribution in [3.8, 4) is 27.8 Å². The number of anilines is 1. The lowest BCUT2D eigenvalue weighted by Crippen LogP contribution is -2.47. The van der Waals surface area contributed by atoms with E-state index < -0.39 is 11.4 Å². The number of amides is 1. The Labute approximate surface area is 178 Å². The van der Waals surface area contributed by atoms with E-state index in [-0.39, 0.29) is 5.56 Å². The highest BCUT2D eigenvalue weighted by atomic mass is 32.1. The lowest BCUT2D eigenvalue weighted by molar-refractivity contribution is -0.123. The fourth-order valence-corrected chi connectivity index (χ4v) is 3.59. The van der Waals surface area contributed by atoms with E-state index in [1.807, 2.05) is 17.5 Å². The first-order valence-corrected chi connectivity index (χ1v) is 9.96. The van der Waals surface area contributed by atoms with Gasteiger partial charge in [-0.1, -0.05) is 6.07 Å². The minimum Gasteiger partial charge on any atom is -0.493 e. The Morgan fingerprint density at radius 3 is 2.27 bits per heavy atom. The molecule has 0 bridgehead atoms. The van der Waals surface area contributed by atoms with Gasteiger partial charge in [0.15, 0.2) is 11.5 Å². The smallest absolute Gasteiger partial charge is 0.267 e. The van der Waals surface area contributed by atoms with Gasteiger partial charge in [0, 0.05) is 23.9 Å². The summed E-state index contributed by atoms with van der Waals surface area (Å²) >= 11 is 1.51. The van der Waals surface area contributed by atoms with Crippen LogP contribution in [0.3, 0.4) is 0 Å². The molecule has 9 heteroatoms. The molecule has 158 valence electrons. The molecule has 2 aromatic heterocycles. The first kappa shape index (κ1) is 21.4. The highest BCUT2D eigenvalue weighted by molar-refractivity contribution is 7.13. The van der Waals surface area contributed by atoms with Gasteiger partial charge in [-0.15, -0.1) is 11.3 Å². The molecule has 0 saturated heterocycles. The van der Waals surface area contributed by atoms with Gasteiger partial charge in [0.05, 0.1) is 26.2 Å². The summed E-state index contributed by atoms with van der Waals surface area (Å²) in [6, 6.07) is 10.1. The van der Waals surface area contributed by atoms with Crippen LogP contribution in [0.25, 0.3) is 10.6 Å². The summed E-state index contributed by atoms with van der Waals surface area (Å²) < 4.78 is 17.1. The molecule has 1 amide bonds. The minimum absolute atomic E-state index is 0.375. The van der Waals surface area contributed by atoms with Gasteiger partial charge in [-0.25, -0.2) is 4.68 Å². The van der Waals surface area contributed by atoms with Crippen LogP contribution in [0.1, 0.15) is 13.8 Å². The third-order valence-corrected chi connectivity index (χ3v) is 5.47. The molecule has 0 spiro atoms. The van der Waals surface area contributed by atoms with Crippen molar-refractivity contribution < 1.29 is 19.0 Å². The molecular weight excluding hydrogens is 406 g/mol. The van der Waals surface area contributed by atoms with Gasteiger partial charge < -0.3 is 19.5 Å². The number of benzene rings is 1. The molecule has 30 heavy (non-hydrogen) atoms. The molecule has 1 N–H and O–H groups in total. The van der Waals surface area contributed by atoms with Crippen LogP contribution in [0.2, 0.25) is 0 Å². The standard InChI is InChI=1S/C21H23N3O5S/c1-21(2,24-18(25)9-8-14(23-24)17-7-6-10-30-17)20(26)22-13-11-15(27-3)19(29-5)16(12-13)28-4/h6-12H,1-5H3,(H,22,26). The second-order valence-electron chi connectivity index (χ2n) is 6.87. The van der Waals surface area contributed by atoms with E-state index in [1.165, 1.54) is 43.4 Å². The van der Waals surface area contributed by atoms with Crippen molar-refractivity contribution in [2.45, 2.75) is 19.4 Å². The third-order valence-electron chi connectivity index (χ3n) is 4.58. The highest BCUT2D eigenvalue weighted by Crippen LogP contribution is 2.40. The van der Waals surface area contributed by atoms with Gasteiger partial charge in [0.25, 0.3) is 11.5 Å². The summed E-state index contributed by atoms with van der Waals surface area (Å²) in [7, 11) is 4.49. The second-order valence-corrected chi connectivity index (χ2v) is 7.82. The van der Waals surface area contributed by atoms with E-state index in [4.69, 9.17) is 14.2 Å². The molecule has 3 rings (SSSR count). The largest absolute Gasteiger partial charge is 0.493 e. The quantitative estimate of drug-likeness (QED) is 0.619. The van der Waals surface area contributed by atoms with Crippen LogP contribution in [0.15, 0.2) is 46.6 Å². The van der Waals surface area contributed by atoms with Gasteiger partial charge in [-0.05, 0) is 31.4 Å². The summed E-state index contributed by atoms with van der Waals surface area (Å²) in [5.41, 5.74) is -0.575. The number of aromatic nitrogens is 2. The van der Waals surface area contributed by atoms with E-state index in [0.717, 1.165) is 4.88 Å². The summed E-state index contributed by atoms with van der Waals surface area (Å²) in [6.45, 7) is 3.26. The SMILES string of the molecule is COc1cc(NC(=O)C(C)(C)n2nc(-c3cccs3)ccc2=O)cc(OC)c1OC. The molecule has 0 saturated carbocycles. The molecule has 0 atom stereocenters. The number of hydrogen-bond donors (Lipinski definition) is 1. The maximum absolute atomic E-state index is 13.1. The zero-order chi connectivity index (χ0) is 21.9. The zero-order valence-corrected chi connectivity index (χ0v) is 18.2. The predicted octanol–water partition coefficient (Wildman–Crippen LogP) is 3.37. The third kappa shape index (κ3) is 4.02. The Hall–Kier alpha value is -3.33. The van der Waals surface area contributed by atoms with Gasteiger partial charge >= 0.3 is 0 Å². The van der Waals surface area contributed by atoms with Crippen molar-refractivity contribution in [1.29, 1.82) is 0 Å². The Morgan fingerprint density at radius 1 is 1.07 bits per heavy atom.